The van der Waals surface area contributed by atoms with Crippen LogP contribution in [0.5, 0.6) is 0 Å². The normalized spacial score (nSPS) is 12.2. The maximum atomic E-state index is 11.1. The van der Waals surface area contributed by atoms with Gasteiger partial charge in [0.05, 0.1) is 0 Å². The molecule has 10 heavy (non-hydrogen) atoms. The van der Waals surface area contributed by atoms with Crippen molar-refractivity contribution in [1.82, 2.24) is 4.13 Å². The first-order valence-electron chi connectivity index (χ1n) is 1.38. The van der Waals surface area contributed by atoms with Crippen LogP contribution in [0.3, 0.4) is 0 Å². The van der Waals surface area contributed by atoms with Crippen LogP contribution in [0, 0.1) is 0 Å². The first-order chi connectivity index (χ1) is 3.71. The van der Waals surface area contributed by atoms with Crippen LogP contribution in [0.2, 0.25) is 0 Å². The summed E-state index contributed by atoms with van der Waals surface area (Å²) in [6, 6.07) is 0. The van der Waals surface area contributed by atoms with Crippen molar-refractivity contribution in [2.75, 3.05) is 0 Å². The third-order valence-corrected chi connectivity index (χ3v) is 1.79. The van der Waals surface area contributed by atoms with Gasteiger partial charge in [-0.05, 0) is 0 Å². The molecule has 0 bridgehead atoms. The third-order valence-electron chi connectivity index (χ3n) is 0.199. The molecule has 0 radical (unpaired) electrons. The van der Waals surface area contributed by atoms with Crippen LogP contribution in [0.1, 0.15) is 0 Å². The summed E-state index contributed by atoms with van der Waals surface area (Å²) in [4.78, 5) is 0. The predicted octanol–water partition coefficient (Wildman–Crippen LogP) is -3.99. The van der Waals surface area contributed by atoms with Crippen molar-refractivity contribution in [2.24, 2.45) is 0 Å². The summed E-state index contributed by atoms with van der Waals surface area (Å²) in [6.45, 7) is 0. The SMILES string of the molecule is O=S(=O)(F)NS(=O)(=O)F.[K+]. The molecule has 10 heteroatoms. The molecule has 0 atom stereocenters. The Morgan fingerprint density at radius 1 is 0.900 bits per heavy atom. The van der Waals surface area contributed by atoms with Crippen molar-refractivity contribution in [2.45, 2.75) is 0 Å². The van der Waals surface area contributed by atoms with Crippen molar-refractivity contribution >= 4 is 20.8 Å². The predicted molar refractivity (Wildman–Crippen MR) is 23.2 cm³/mol. The molecular weight excluding hydrogens is 219 g/mol. The van der Waals surface area contributed by atoms with E-state index in [4.69, 9.17) is 0 Å². The standard InChI is InChI=1S/F2HNO4S2.K/c1-8(4,5)3-9(2,6)7;/h3H;/q;+1. The van der Waals surface area contributed by atoms with Gasteiger partial charge in [-0.15, -0.1) is 0 Å². The third kappa shape index (κ3) is 12.1. The van der Waals surface area contributed by atoms with Gasteiger partial charge in [0.25, 0.3) is 0 Å². The Bertz CT molecular complexity index is 246. The summed E-state index contributed by atoms with van der Waals surface area (Å²) in [6.07, 6.45) is 0. The summed E-state index contributed by atoms with van der Waals surface area (Å²) in [5.41, 5.74) is 0. The zero-order valence-corrected chi connectivity index (χ0v) is 9.46. The quantitative estimate of drug-likeness (QED) is 0.380. The van der Waals surface area contributed by atoms with Crippen LogP contribution in [-0.4, -0.2) is 16.8 Å². The summed E-state index contributed by atoms with van der Waals surface area (Å²) in [5.74, 6) is 0. The van der Waals surface area contributed by atoms with E-state index in [0.717, 1.165) is 0 Å². The molecule has 56 valence electrons. The molecule has 0 fully saturated rings. The Labute approximate surface area is 99.3 Å². The molecule has 1 N–H and O–H groups in total. The molecule has 0 saturated heterocycles. The number of halogens is 2. The van der Waals surface area contributed by atoms with Crippen molar-refractivity contribution < 1.29 is 76.0 Å². The van der Waals surface area contributed by atoms with E-state index in [1.807, 2.05) is 0 Å². The van der Waals surface area contributed by atoms with Gasteiger partial charge in [0.1, 0.15) is 0 Å². The summed E-state index contributed by atoms with van der Waals surface area (Å²) in [7, 11) is -11.0. The Morgan fingerprint density at radius 3 is 1.10 bits per heavy atom. The van der Waals surface area contributed by atoms with Gasteiger partial charge in [0, 0.05) is 0 Å². The van der Waals surface area contributed by atoms with Gasteiger partial charge in [-0.2, -0.15) is 16.8 Å². The molecule has 0 aliphatic rings. The number of hydrogen-bond donors (Lipinski definition) is 1. The minimum absolute atomic E-state index is 0. The molecule has 0 aromatic rings. The fourth-order valence-electron chi connectivity index (χ4n) is 0.119. The molecule has 0 aromatic carbocycles. The molecule has 0 rings (SSSR count). The first kappa shape index (κ1) is 13.9. The summed E-state index contributed by atoms with van der Waals surface area (Å²) < 4.78 is 59.3. The van der Waals surface area contributed by atoms with E-state index in [2.05, 4.69) is 0 Å². The second-order valence-electron chi connectivity index (χ2n) is 0.959. The summed E-state index contributed by atoms with van der Waals surface area (Å²) >= 11 is 0. The van der Waals surface area contributed by atoms with Crippen molar-refractivity contribution in [3.8, 4) is 0 Å². The van der Waals surface area contributed by atoms with E-state index in [1.165, 1.54) is 0 Å². The fourth-order valence-corrected chi connectivity index (χ4v) is 1.07. The zero-order valence-electron chi connectivity index (χ0n) is 4.71. The van der Waals surface area contributed by atoms with Gasteiger partial charge >= 0.3 is 72.2 Å². The van der Waals surface area contributed by atoms with E-state index < -0.39 is 20.8 Å². The maximum Gasteiger partial charge on any atom is 1.00 e. The smallest absolute Gasteiger partial charge is 0.176 e. The van der Waals surface area contributed by atoms with Gasteiger partial charge in [-0.1, -0.05) is 11.9 Å². The second kappa shape index (κ2) is 4.40. The van der Waals surface area contributed by atoms with E-state index >= 15 is 0 Å². The average Bonchev–Trinajstić information content (AvgIpc) is 1.14. The number of rotatable bonds is 2. The topological polar surface area (TPSA) is 80.3 Å². The number of nitrogens with one attached hydrogen (secondary N) is 1. The molecule has 0 amide bonds. The van der Waals surface area contributed by atoms with Crippen LogP contribution in [0.15, 0.2) is 0 Å². The minimum Gasteiger partial charge on any atom is -0.176 e. The van der Waals surface area contributed by atoms with Crippen molar-refractivity contribution in [3.05, 3.63) is 0 Å². The molecule has 0 aromatic heterocycles. The molecule has 0 spiro atoms. The van der Waals surface area contributed by atoms with Crippen LogP contribution in [0.25, 0.3) is 0 Å². The Morgan fingerprint density at radius 2 is 1.10 bits per heavy atom. The van der Waals surface area contributed by atoms with E-state index in [1.54, 1.807) is 0 Å². The van der Waals surface area contributed by atoms with Crippen LogP contribution >= 0.6 is 0 Å². The van der Waals surface area contributed by atoms with Gasteiger partial charge in [-0.3, -0.25) is 0 Å². The van der Waals surface area contributed by atoms with Gasteiger partial charge in [0.15, 0.2) is 0 Å². The Kier molecular flexibility index (Phi) is 6.12. The van der Waals surface area contributed by atoms with E-state index in [-0.39, 0.29) is 55.5 Å². The number of hydrogen-bond acceptors (Lipinski definition) is 4. The van der Waals surface area contributed by atoms with Crippen molar-refractivity contribution in [3.63, 3.8) is 0 Å². The molecule has 0 heterocycles. The Hall–Kier alpha value is 1.36. The summed E-state index contributed by atoms with van der Waals surface area (Å²) in [5, 5.41) is 0. The molecule has 5 nitrogen and oxygen atoms in total. The van der Waals surface area contributed by atoms with E-state index in [0.29, 0.717) is 0 Å². The van der Waals surface area contributed by atoms with Crippen LogP contribution in [-0.2, 0) is 20.8 Å². The molecule has 0 unspecified atom stereocenters. The maximum absolute atomic E-state index is 11.1. The fraction of sp³-hybridized carbons (Fsp3) is 0. The van der Waals surface area contributed by atoms with Gasteiger partial charge in [-0.25, -0.2) is 0 Å². The zero-order chi connectivity index (χ0) is 7.71. The monoisotopic (exact) mass is 220 g/mol. The largest absolute Gasteiger partial charge is 1.00 e. The molecule has 0 saturated carbocycles. The van der Waals surface area contributed by atoms with Gasteiger partial charge in [0.2, 0.25) is 0 Å². The van der Waals surface area contributed by atoms with Crippen LogP contribution < -0.4 is 55.5 Å². The molecular formula is HF2KNO4S2+. The van der Waals surface area contributed by atoms with Crippen molar-refractivity contribution in [1.29, 1.82) is 0 Å². The average molecular weight is 220 g/mol. The molecule has 0 aliphatic heterocycles. The van der Waals surface area contributed by atoms with Crippen LogP contribution in [0.4, 0.5) is 7.77 Å². The van der Waals surface area contributed by atoms with E-state index in [9.17, 15) is 24.6 Å². The minimum atomic E-state index is -5.49. The molecule has 0 aliphatic carbocycles. The Balaban J connectivity index is 0. The van der Waals surface area contributed by atoms with Gasteiger partial charge < -0.3 is 0 Å². The first-order valence-corrected chi connectivity index (χ1v) is 4.15. The second-order valence-corrected chi connectivity index (χ2v) is 3.38.